The maximum atomic E-state index is 11.8. The van der Waals surface area contributed by atoms with E-state index in [1.165, 1.54) is 16.2 Å². The van der Waals surface area contributed by atoms with Gasteiger partial charge in [0.1, 0.15) is 4.88 Å². The molecule has 5 heteroatoms. The Bertz CT molecular complexity index is 562. The summed E-state index contributed by atoms with van der Waals surface area (Å²) < 4.78 is 0.933. The van der Waals surface area contributed by atoms with Gasteiger partial charge in [-0.05, 0) is 12.1 Å². The van der Waals surface area contributed by atoms with Crippen LogP contribution in [0.1, 0.15) is 9.67 Å². The van der Waals surface area contributed by atoms with Crippen LogP contribution in [0.25, 0.3) is 10.1 Å². The zero-order valence-electron chi connectivity index (χ0n) is 8.75. The van der Waals surface area contributed by atoms with Gasteiger partial charge in [-0.3, -0.25) is 4.79 Å². The quantitative estimate of drug-likeness (QED) is 0.772. The van der Waals surface area contributed by atoms with Crippen LogP contribution in [-0.4, -0.2) is 24.9 Å². The minimum Gasteiger partial charge on any atom is -0.344 e. The molecule has 84 valence electrons. The highest BCUT2D eigenvalue weighted by atomic mass is 35.5. The van der Waals surface area contributed by atoms with Gasteiger partial charge in [0, 0.05) is 29.2 Å². The van der Waals surface area contributed by atoms with Crippen molar-refractivity contribution in [3.63, 3.8) is 0 Å². The van der Waals surface area contributed by atoms with E-state index in [1.54, 1.807) is 20.2 Å². The Hall–Kier alpha value is -0.770. The third kappa shape index (κ3) is 1.90. The van der Waals surface area contributed by atoms with Gasteiger partial charge in [0.2, 0.25) is 0 Å². The van der Waals surface area contributed by atoms with Crippen molar-refractivity contribution >= 4 is 50.5 Å². The van der Waals surface area contributed by atoms with E-state index in [1.807, 2.05) is 12.1 Å². The van der Waals surface area contributed by atoms with E-state index < -0.39 is 0 Å². The minimum absolute atomic E-state index is 0.0812. The number of hydrogen-bond acceptors (Lipinski definition) is 2. The molecular weight excluding hydrogens is 265 g/mol. The second-order valence-electron chi connectivity index (χ2n) is 3.59. The molecule has 0 radical (unpaired) electrons. The molecule has 2 aromatic rings. The van der Waals surface area contributed by atoms with E-state index in [0.717, 1.165) is 10.1 Å². The van der Waals surface area contributed by atoms with Crippen LogP contribution in [0.2, 0.25) is 10.0 Å². The van der Waals surface area contributed by atoms with Gasteiger partial charge in [0.05, 0.1) is 5.02 Å². The van der Waals surface area contributed by atoms with Crippen molar-refractivity contribution in [1.29, 1.82) is 0 Å². The summed E-state index contributed by atoms with van der Waals surface area (Å²) in [4.78, 5) is 13.9. The van der Waals surface area contributed by atoms with Gasteiger partial charge in [-0.2, -0.15) is 0 Å². The number of rotatable bonds is 1. The largest absolute Gasteiger partial charge is 0.344 e. The number of fused-ring (bicyclic) bond motifs is 1. The normalized spacial score (nSPS) is 10.8. The summed E-state index contributed by atoms with van der Waals surface area (Å²) in [5.41, 5.74) is 0. The molecular formula is C11H9Cl2NOS. The van der Waals surface area contributed by atoms with Gasteiger partial charge in [0.15, 0.2) is 0 Å². The Kier molecular flexibility index (Phi) is 3.10. The maximum absolute atomic E-state index is 11.8. The molecule has 0 spiro atoms. The van der Waals surface area contributed by atoms with E-state index in [-0.39, 0.29) is 5.91 Å². The van der Waals surface area contributed by atoms with Crippen LogP contribution < -0.4 is 0 Å². The molecule has 2 rings (SSSR count). The second-order valence-corrected chi connectivity index (χ2v) is 5.45. The molecule has 16 heavy (non-hydrogen) atoms. The highest BCUT2D eigenvalue weighted by molar-refractivity contribution is 7.21. The lowest BCUT2D eigenvalue weighted by Crippen LogP contribution is -2.20. The lowest BCUT2D eigenvalue weighted by Gasteiger charge is -2.07. The number of hydrogen-bond donors (Lipinski definition) is 0. The highest BCUT2D eigenvalue weighted by Gasteiger charge is 2.18. The van der Waals surface area contributed by atoms with Gasteiger partial charge < -0.3 is 4.90 Å². The van der Waals surface area contributed by atoms with Crippen LogP contribution in [-0.2, 0) is 0 Å². The zero-order chi connectivity index (χ0) is 11.9. The molecule has 0 N–H and O–H groups in total. The van der Waals surface area contributed by atoms with E-state index in [9.17, 15) is 4.79 Å². The Balaban J connectivity index is 2.64. The van der Waals surface area contributed by atoms with Gasteiger partial charge in [-0.1, -0.05) is 29.3 Å². The Morgan fingerprint density at radius 2 is 2.00 bits per heavy atom. The topological polar surface area (TPSA) is 20.3 Å². The van der Waals surface area contributed by atoms with Gasteiger partial charge in [-0.25, -0.2) is 0 Å². The van der Waals surface area contributed by atoms with Crippen molar-refractivity contribution in [2.24, 2.45) is 0 Å². The first kappa shape index (κ1) is 11.7. The SMILES string of the molecule is CN(C)C(=O)c1sc2cc(Cl)ccc2c1Cl. The molecule has 0 saturated heterocycles. The summed E-state index contributed by atoms with van der Waals surface area (Å²) in [7, 11) is 3.41. The van der Waals surface area contributed by atoms with E-state index in [4.69, 9.17) is 23.2 Å². The predicted octanol–water partition coefficient (Wildman–Crippen LogP) is 3.91. The molecule has 0 unspecified atom stereocenters. The maximum Gasteiger partial charge on any atom is 0.264 e. The van der Waals surface area contributed by atoms with Crippen LogP contribution in [0.5, 0.6) is 0 Å². The minimum atomic E-state index is -0.0812. The molecule has 0 atom stereocenters. The number of amides is 1. The Labute approximate surface area is 107 Å². The van der Waals surface area contributed by atoms with Crippen molar-refractivity contribution in [3.8, 4) is 0 Å². The number of carbonyl (C=O) groups excluding carboxylic acids is 1. The molecule has 1 heterocycles. The number of thiophene rings is 1. The predicted molar refractivity (Wildman–Crippen MR) is 69.9 cm³/mol. The van der Waals surface area contributed by atoms with Crippen molar-refractivity contribution in [2.75, 3.05) is 14.1 Å². The summed E-state index contributed by atoms with van der Waals surface area (Å²) in [6.07, 6.45) is 0. The fourth-order valence-electron chi connectivity index (χ4n) is 1.38. The Morgan fingerprint density at radius 1 is 1.31 bits per heavy atom. The summed E-state index contributed by atoms with van der Waals surface area (Å²) in [5, 5.41) is 2.03. The fraction of sp³-hybridized carbons (Fsp3) is 0.182. The van der Waals surface area contributed by atoms with Gasteiger partial charge in [-0.15, -0.1) is 11.3 Å². The first-order valence-corrected chi connectivity index (χ1v) is 6.17. The van der Waals surface area contributed by atoms with E-state index in [2.05, 4.69) is 0 Å². The van der Waals surface area contributed by atoms with Crippen LogP contribution in [0.4, 0.5) is 0 Å². The van der Waals surface area contributed by atoms with Crippen LogP contribution in [0, 0.1) is 0 Å². The van der Waals surface area contributed by atoms with E-state index in [0.29, 0.717) is 14.9 Å². The number of carbonyl (C=O) groups is 1. The van der Waals surface area contributed by atoms with Crippen LogP contribution >= 0.6 is 34.5 Å². The standard InChI is InChI=1S/C11H9Cl2NOS/c1-14(2)11(15)10-9(13)7-4-3-6(12)5-8(7)16-10/h3-5H,1-2H3. The summed E-state index contributed by atoms with van der Waals surface area (Å²) >= 11 is 13.4. The van der Waals surface area contributed by atoms with Crippen LogP contribution in [0.3, 0.4) is 0 Å². The first-order valence-electron chi connectivity index (χ1n) is 4.60. The highest BCUT2D eigenvalue weighted by Crippen LogP contribution is 2.37. The molecule has 2 nitrogen and oxygen atoms in total. The number of benzene rings is 1. The molecule has 0 saturated carbocycles. The van der Waals surface area contributed by atoms with Crippen molar-refractivity contribution in [3.05, 3.63) is 33.1 Å². The lowest BCUT2D eigenvalue weighted by atomic mass is 10.2. The molecule has 1 aromatic heterocycles. The summed E-state index contributed by atoms with van der Waals surface area (Å²) in [5.74, 6) is -0.0812. The molecule has 0 bridgehead atoms. The third-order valence-corrected chi connectivity index (χ3v) is 4.07. The van der Waals surface area contributed by atoms with Gasteiger partial charge >= 0.3 is 0 Å². The number of halogens is 2. The summed E-state index contributed by atoms with van der Waals surface area (Å²) in [6.45, 7) is 0. The second kappa shape index (κ2) is 4.24. The molecule has 0 aliphatic heterocycles. The fourth-order valence-corrected chi connectivity index (χ4v) is 3.19. The lowest BCUT2D eigenvalue weighted by molar-refractivity contribution is 0.0832. The molecule has 1 amide bonds. The zero-order valence-corrected chi connectivity index (χ0v) is 11.1. The molecule has 0 fully saturated rings. The van der Waals surface area contributed by atoms with Crippen molar-refractivity contribution in [2.45, 2.75) is 0 Å². The Morgan fingerprint density at radius 3 is 2.62 bits per heavy atom. The van der Waals surface area contributed by atoms with Gasteiger partial charge in [0.25, 0.3) is 5.91 Å². The number of nitrogens with zero attached hydrogens (tertiary/aromatic N) is 1. The average Bonchev–Trinajstić information content (AvgIpc) is 2.54. The third-order valence-electron chi connectivity index (χ3n) is 2.19. The van der Waals surface area contributed by atoms with Crippen molar-refractivity contribution < 1.29 is 4.79 Å². The monoisotopic (exact) mass is 273 g/mol. The van der Waals surface area contributed by atoms with E-state index >= 15 is 0 Å². The summed E-state index contributed by atoms with van der Waals surface area (Å²) in [6, 6.07) is 5.43. The first-order chi connectivity index (χ1) is 7.50. The molecule has 0 aliphatic rings. The molecule has 1 aromatic carbocycles. The average molecular weight is 274 g/mol. The smallest absolute Gasteiger partial charge is 0.264 e. The van der Waals surface area contributed by atoms with Crippen molar-refractivity contribution in [1.82, 2.24) is 4.90 Å². The van der Waals surface area contributed by atoms with Crippen LogP contribution in [0.15, 0.2) is 18.2 Å². The molecule has 0 aliphatic carbocycles.